The van der Waals surface area contributed by atoms with E-state index in [0.717, 1.165) is 28.6 Å². The summed E-state index contributed by atoms with van der Waals surface area (Å²) < 4.78 is 8.00. The van der Waals surface area contributed by atoms with Gasteiger partial charge in [0, 0.05) is 42.8 Å². The van der Waals surface area contributed by atoms with E-state index in [2.05, 4.69) is 60.7 Å². The number of ether oxygens (including phenoxy) is 1. The quantitative estimate of drug-likeness (QED) is 0.510. The second-order valence-electron chi connectivity index (χ2n) is 7.49. The third kappa shape index (κ3) is 4.63. The molecule has 0 fully saturated rings. The van der Waals surface area contributed by atoms with E-state index < -0.39 is 0 Å². The molecule has 0 unspecified atom stereocenters. The third-order valence-electron chi connectivity index (χ3n) is 5.04. The van der Waals surface area contributed by atoms with E-state index in [9.17, 15) is 0 Å². The second kappa shape index (κ2) is 8.45. The lowest BCUT2D eigenvalue weighted by Crippen LogP contribution is -2.14. The van der Waals surface area contributed by atoms with Gasteiger partial charge in [0.1, 0.15) is 6.61 Å². The van der Waals surface area contributed by atoms with Crippen LogP contribution in [0.25, 0.3) is 10.9 Å². The van der Waals surface area contributed by atoms with Crippen LogP contribution in [0.15, 0.2) is 60.9 Å². The summed E-state index contributed by atoms with van der Waals surface area (Å²) in [5.41, 5.74) is 6.78. The molecule has 148 valence electrons. The van der Waals surface area contributed by atoms with E-state index in [1.807, 2.05) is 36.3 Å². The average Bonchev–Trinajstić information content (AvgIpc) is 3.12. The van der Waals surface area contributed by atoms with Crippen LogP contribution in [0.4, 0.5) is 0 Å². The van der Waals surface area contributed by atoms with Gasteiger partial charge in [0.05, 0.1) is 11.7 Å². The average molecular weight is 386 g/mol. The molecule has 5 heteroatoms. The normalized spacial score (nSPS) is 11.1. The van der Waals surface area contributed by atoms with Crippen LogP contribution < -0.4 is 10.1 Å². The first kappa shape index (κ1) is 19.2. The van der Waals surface area contributed by atoms with Gasteiger partial charge in [0.15, 0.2) is 0 Å². The number of aromatic nitrogens is 3. The number of benzene rings is 2. The molecule has 0 atom stereocenters. The first-order valence-electron chi connectivity index (χ1n) is 9.84. The Morgan fingerprint density at radius 3 is 2.66 bits per heavy atom. The minimum Gasteiger partial charge on any atom is -0.473 e. The van der Waals surface area contributed by atoms with Crippen LogP contribution in [0.3, 0.4) is 0 Å². The molecule has 0 saturated heterocycles. The fourth-order valence-corrected chi connectivity index (χ4v) is 3.40. The molecule has 4 rings (SSSR count). The van der Waals surface area contributed by atoms with Crippen molar-refractivity contribution in [3.8, 4) is 5.88 Å². The molecule has 0 aliphatic carbocycles. The molecule has 2 aromatic heterocycles. The van der Waals surface area contributed by atoms with E-state index in [-0.39, 0.29) is 0 Å². The van der Waals surface area contributed by atoms with E-state index in [1.54, 1.807) is 0 Å². The molecule has 0 amide bonds. The Morgan fingerprint density at radius 2 is 1.86 bits per heavy atom. The standard InChI is InChI=1S/C24H26N4O/c1-17-8-9-23-21(10-17)11-22(14-25-12-19-13-26-28(3)15-19)24(27-23)29-16-20-7-5-4-6-18(20)2/h4-11,13,15,25H,12,14,16H2,1-3H3. The maximum absolute atomic E-state index is 6.18. The second-order valence-corrected chi connectivity index (χ2v) is 7.49. The van der Waals surface area contributed by atoms with E-state index in [1.165, 1.54) is 16.7 Å². The zero-order valence-corrected chi connectivity index (χ0v) is 17.1. The van der Waals surface area contributed by atoms with Crippen LogP contribution in [-0.4, -0.2) is 14.8 Å². The Hall–Kier alpha value is -3.18. The highest BCUT2D eigenvalue weighted by atomic mass is 16.5. The molecule has 2 heterocycles. The molecule has 0 radical (unpaired) electrons. The molecule has 5 nitrogen and oxygen atoms in total. The van der Waals surface area contributed by atoms with Gasteiger partial charge in [-0.05, 0) is 43.2 Å². The van der Waals surface area contributed by atoms with Gasteiger partial charge in [-0.15, -0.1) is 0 Å². The van der Waals surface area contributed by atoms with Crippen LogP contribution in [-0.2, 0) is 26.7 Å². The predicted octanol–water partition coefficient (Wildman–Crippen LogP) is 4.45. The Bertz CT molecular complexity index is 1130. The highest BCUT2D eigenvalue weighted by Crippen LogP contribution is 2.24. The third-order valence-corrected chi connectivity index (χ3v) is 5.04. The van der Waals surface area contributed by atoms with Gasteiger partial charge in [-0.1, -0.05) is 35.9 Å². The smallest absolute Gasteiger partial charge is 0.218 e. The Kier molecular flexibility index (Phi) is 5.58. The van der Waals surface area contributed by atoms with Crippen molar-refractivity contribution in [2.45, 2.75) is 33.5 Å². The topological polar surface area (TPSA) is 52.0 Å². The van der Waals surface area contributed by atoms with Gasteiger partial charge in [-0.3, -0.25) is 4.68 Å². The highest BCUT2D eigenvalue weighted by molar-refractivity contribution is 5.80. The summed E-state index contributed by atoms with van der Waals surface area (Å²) in [6.07, 6.45) is 3.90. The summed E-state index contributed by atoms with van der Waals surface area (Å²) in [4.78, 5) is 4.81. The maximum Gasteiger partial charge on any atom is 0.218 e. The number of nitrogens with one attached hydrogen (secondary N) is 1. The molecule has 1 N–H and O–H groups in total. The number of rotatable bonds is 7. The lowest BCUT2D eigenvalue weighted by Gasteiger charge is -2.14. The summed E-state index contributed by atoms with van der Waals surface area (Å²) in [5, 5.41) is 8.84. The number of aryl methyl sites for hydroxylation is 3. The number of nitrogens with zero attached hydrogens (tertiary/aromatic N) is 3. The predicted molar refractivity (Wildman–Crippen MR) is 116 cm³/mol. The maximum atomic E-state index is 6.18. The Morgan fingerprint density at radius 1 is 1.00 bits per heavy atom. The van der Waals surface area contributed by atoms with Gasteiger partial charge < -0.3 is 10.1 Å². The number of fused-ring (bicyclic) bond motifs is 1. The summed E-state index contributed by atoms with van der Waals surface area (Å²) in [6.45, 7) is 6.13. The van der Waals surface area contributed by atoms with Crippen molar-refractivity contribution in [1.29, 1.82) is 0 Å². The molecule has 2 aromatic carbocycles. The van der Waals surface area contributed by atoms with Crippen molar-refractivity contribution in [1.82, 2.24) is 20.1 Å². The molecule has 0 spiro atoms. The van der Waals surface area contributed by atoms with Crippen molar-refractivity contribution in [3.63, 3.8) is 0 Å². The van der Waals surface area contributed by atoms with Crippen molar-refractivity contribution < 1.29 is 4.74 Å². The van der Waals surface area contributed by atoms with Crippen LogP contribution in [0.1, 0.15) is 27.8 Å². The van der Waals surface area contributed by atoms with Crippen molar-refractivity contribution in [2.75, 3.05) is 0 Å². The molecular formula is C24H26N4O. The van der Waals surface area contributed by atoms with E-state index in [0.29, 0.717) is 19.0 Å². The summed E-state index contributed by atoms with van der Waals surface area (Å²) in [7, 11) is 1.93. The molecular weight excluding hydrogens is 360 g/mol. The van der Waals surface area contributed by atoms with Crippen LogP contribution in [0, 0.1) is 13.8 Å². The van der Waals surface area contributed by atoms with Crippen LogP contribution >= 0.6 is 0 Å². The van der Waals surface area contributed by atoms with Crippen LogP contribution in [0.2, 0.25) is 0 Å². The minimum atomic E-state index is 0.507. The van der Waals surface area contributed by atoms with E-state index in [4.69, 9.17) is 9.72 Å². The number of hydrogen-bond donors (Lipinski definition) is 1. The summed E-state index contributed by atoms with van der Waals surface area (Å²) in [5.74, 6) is 0.684. The lowest BCUT2D eigenvalue weighted by molar-refractivity contribution is 0.290. The van der Waals surface area contributed by atoms with Crippen molar-refractivity contribution in [3.05, 3.63) is 88.7 Å². The molecule has 0 saturated carbocycles. The first-order valence-corrected chi connectivity index (χ1v) is 9.84. The molecule has 0 aliphatic heterocycles. The summed E-state index contributed by atoms with van der Waals surface area (Å²) >= 11 is 0. The fourth-order valence-electron chi connectivity index (χ4n) is 3.40. The molecule has 0 aliphatic rings. The van der Waals surface area contributed by atoms with Gasteiger partial charge in [0.25, 0.3) is 0 Å². The highest BCUT2D eigenvalue weighted by Gasteiger charge is 2.10. The zero-order chi connectivity index (χ0) is 20.2. The van der Waals surface area contributed by atoms with Gasteiger partial charge >= 0.3 is 0 Å². The first-order chi connectivity index (χ1) is 14.1. The monoisotopic (exact) mass is 386 g/mol. The summed E-state index contributed by atoms with van der Waals surface area (Å²) in [6, 6.07) is 16.8. The molecule has 0 bridgehead atoms. The zero-order valence-electron chi connectivity index (χ0n) is 17.1. The van der Waals surface area contributed by atoms with Crippen molar-refractivity contribution in [2.24, 2.45) is 7.05 Å². The van der Waals surface area contributed by atoms with Gasteiger partial charge in [0.2, 0.25) is 5.88 Å². The minimum absolute atomic E-state index is 0.507. The number of pyridine rings is 1. The number of hydrogen-bond acceptors (Lipinski definition) is 4. The largest absolute Gasteiger partial charge is 0.473 e. The SMILES string of the molecule is Cc1ccc2nc(OCc3ccccc3C)c(CNCc3cnn(C)c3)cc2c1. The van der Waals surface area contributed by atoms with Crippen molar-refractivity contribution >= 4 is 10.9 Å². The molecule has 4 aromatic rings. The molecule has 29 heavy (non-hydrogen) atoms. The Labute approximate surface area is 171 Å². The lowest BCUT2D eigenvalue weighted by atomic mass is 10.1. The van der Waals surface area contributed by atoms with Gasteiger partial charge in [-0.2, -0.15) is 5.10 Å². The van der Waals surface area contributed by atoms with Gasteiger partial charge in [-0.25, -0.2) is 4.98 Å². The Balaban J connectivity index is 1.57. The van der Waals surface area contributed by atoms with Crippen LogP contribution in [0.5, 0.6) is 5.88 Å². The van der Waals surface area contributed by atoms with E-state index >= 15 is 0 Å². The fraction of sp³-hybridized carbons (Fsp3) is 0.250.